The number of alkyl halides is 3. The van der Waals surface area contributed by atoms with Crippen molar-refractivity contribution in [3.63, 3.8) is 0 Å². The number of anilines is 1. The zero-order valence-electron chi connectivity index (χ0n) is 16.6. The van der Waals surface area contributed by atoms with Crippen LogP contribution in [0.25, 0.3) is 21.5 Å². The monoisotopic (exact) mass is 463 g/mol. The van der Waals surface area contributed by atoms with Gasteiger partial charge < -0.3 is 15.5 Å². The first kappa shape index (κ1) is 21.6. The second kappa shape index (κ2) is 8.11. The lowest BCUT2D eigenvalue weighted by Crippen LogP contribution is -2.18. The van der Waals surface area contributed by atoms with Gasteiger partial charge in [-0.05, 0) is 30.7 Å². The average molecular weight is 463 g/mol. The van der Waals surface area contributed by atoms with E-state index >= 15 is 0 Å². The van der Waals surface area contributed by atoms with Crippen LogP contribution in [0.15, 0.2) is 41.3 Å². The molecule has 0 radical (unpaired) electrons. The zero-order valence-corrected chi connectivity index (χ0v) is 17.4. The van der Waals surface area contributed by atoms with Crippen molar-refractivity contribution in [3.8, 4) is 11.3 Å². The van der Waals surface area contributed by atoms with Crippen LogP contribution in [0.5, 0.6) is 0 Å². The van der Waals surface area contributed by atoms with Crippen molar-refractivity contribution < 1.29 is 27.2 Å². The summed E-state index contributed by atoms with van der Waals surface area (Å²) in [6, 6.07) is 3.81. The summed E-state index contributed by atoms with van der Waals surface area (Å²) in [5.74, 6) is -1.24. The smallest absolute Gasteiger partial charge is 0.433 e. The molecular formula is C20H16F3N5O3S. The van der Waals surface area contributed by atoms with Crippen LogP contribution in [0, 0.1) is 6.92 Å². The summed E-state index contributed by atoms with van der Waals surface area (Å²) < 4.78 is 47.1. The molecule has 0 aliphatic carbocycles. The highest BCUT2D eigenvalue weighted by Gasteiger charge is 2.35. The zero-order chi connectivity index (χ0) is 23.0. The van der Waals surface area contributed by atoms with Gasteiger partial charge >= 0.3 is 6.18 Å². The molecule has 0 saturated carbocycles. The number of primary amides is 1. The highest BCUT2D eigenvalue weighted by molar-refractivity contribution is 7.21. The number of aromatic nitrogens is 3. The highest BCUT2D eigenvalue weighted by atomic mass is 32.1. The number of pyridine rings is 1. The minimum Gasteiger partial charge on any atom is -0.464 e. The van der Waals surface area contributed by atoms with Gasteiger partial charge in [-0.2, -0.15) is 18.3 Å². The van der Waals surface area contributed by atoms with E-state index in [1.807, 2.05) is 6.92 Å². The Kier molecular flexibility index (Phi) is 5.46. The largest absolute Gasteiger partial charge is 0.464 e. The van der Waals surface area contributed by atoms with Crippen LogP contribution in [0.4, 0.5) is 18.9 Å². The lowest BCUT2D eigenvalue weighted by atomic mass is 10.1. The lowest BCUT2D eigenvalue weighted by molar-refractivity contribution is -0.140. The standard InChI is InChI=1S/C20H16F3N5O3S/c1-10-8-25-28(9-10)5-4-14(29)27-16-15-11(12-3-2-6-31-12)7-13(20(21,22)23)26-19(15)32-17(16)18(24)30/h2-3,6-9H,4-5H2,1H3,(H2,24,30)(H,27,29). The molecular weight excluding hydrogens is 447 g/mol. The van der Waals surface area contributed by atoms with Gasteiger partial charge in [0.1, 0.15) is 21.2 Å². The summed E-state index contributed by atoms with van der Waals surface area (Å²) in [5.41, 5.74) is 5.27. The van der Waals surface area contributed by atoms with Crippen molar-refractivity contribution in [3.05, 3.63) is 53.0 Å². The van der Waals surface area contributed by atoms with Gasteiger partial charge in [0.25, 0.3) is 5.91 Å². The van der Waals surface area contributed by atoms with E-state index in [4.69, 9.17) is 10.2 Å². The normalized spacial score (nSPS) is 11.8. The summed E-state index contributed by atoms with van der Waals surface area (Å²) >= 11 is 0.674. The number of fused-ring (bicyclic) bond motifs is 1. The van der Waals surface area contributed by atoms with E-state index in [-0.39, 0.29) is 45.1 Å². The van der Waals surface area contributed by atoms with Crippen molar-refractivity contribution in [2.75, 3.05) is 5.32 Å². The van der Waals surface area contributed by atoms with Gasteiger partial charge in [0, 0.05) is 30.1 Å². The SMILES string of the molecule is Cc1cnn(CCC(=O)Nc2c(C(N)=O)sc3nc(C(F)(F)F)cc(-c4ccco4)c23)c1. The fourth-order valence-electron chi connectivity index (χ4n) is 3.17. The van der Waals surface area contributed by atoms with E-state index in [0.29, 0.717) is 11.3 Å². The molecule has 0 atom stereocenters. The van der Waals surface area contributed by atoms with Gasteiger partial charge in [-0.1, -0.05) is 0 Å². The molecule has 3 N–H and O–H groups in total. The molecule has 8 nitrogen and oxygen atoms in total. The first-order valence-corrected chi connectivity index (χ1v) is 10.1. The summed E-state index contributed by atoms with van der Waals surface area (Å²) in [5, 5.41) is 6.86. The van der Waals surface area contributed by atoms with Crippen molar-refractivity contribution in [1.82, 2.24) is 14.8 Å². The molecule has 166 valence electrons. The summed E-state index contributed by atoms with van der Waals surface area (Å²) in [6.07, 6.45) is 0.00774. The summed E-state index contributed by atoms with van der Waals surface area (Å²) in [6.45, 7) is 2.13. The number of furan rings is 1. The number of aryl methyl sites for hydroxylation is 2. The first-order chi connectivity index (χ1) is 15.1. The van der Waals surface area contributed by atoms with Crippen molar-refractivity contribution in [2.45, 2.75) is 26.1 Å². The van der Waals surface area contributed by atoms with E-state index in [2.05, 4.69) is 15.4 Å². The van der Waals surface area contributed by atoms with Crippen LogP contribution in [0.2, 0.25) is 0 Å². The maximum atomic E-state index is 13.4. The predicted octanol–water partition coefficient (Wildman–Crippen LogP) is 4.21. The number of amides is 2. The number of hydrogen-bond acceptors (Lipinski definition) is 6. The fourth-order valence-corrected chi connectivity index (χ4v) is 4.18. The summed E-state index contributed by atoms with van der Waals surface area (Å²) in [4.78, 5) is 28.1. The maximum absolute atomic E-state index is 13.4. The Bertz CT molecular complexity index is 1310. The molecule has 4 rings (SSSR count). The van der Waals surface area contributed by atoms with Crippen LogP contribution in [0.1, 0.15) is 27.3 Å². The third-order valence-corrected chi connectivity index (χ3v) is 5.66. The first-order valence-electron chi connectivity index (χ1n) is 9.31. The van der Waals surface area contributed by atoms with Gasteiger partial charge in [0.15, 0.2) is 0 Å². The van der Waals surface area contributed by atoms with Gasteiger partial charge in [0.2, 0.25) is 5.91 Å². The van der Waals surface area contributed by atoms with E-state index in [1.165, 1.54) is 18.4 Å². The second-order valence-electron chi connectivity index (χ2n) is 6.96. The van der Waals surface area contributed by atoms with E-state index in [9.17, 15) is 22.8 Å². The quantitative estimate of drug-likeness (QED) is 0.444. The molecule has 0 bridgehead atoms. The number of carbonyl (C=O) groups excluding carboxylic acids is 2. The number of thiophene rings is 1. The molecule has 32 heavy (non-hydrogen) atoms. The maximum Gasteiger partial charge on any atom is 0.433 e. The van der Waals surface area contributed by atoms with Crippen molar-refractivity contribution >= 4 is 39.1 Å². The number of nitrogens with two attached hydrogens (primary N) is 1. The topological polar surface area (TPSA) is 116 Å². The van der Waals surface area contributed by atoms with Gasteiger partial charge in [-0.15, -0.1) is 11.3 Å². The molecule has 0 aliphatic rings. The Labute approximate surface area is 182 Å². The average Bonchev–Trinajstić information content (AvgIpc) is 3.45. The van der Waals surface area contributed by atoms with Gasteiger partial charge in [0.05, 0.1) is 18.1 Å². The van der Waals surface area contributed by atoms with Gasteiger partial charge in [-0.25, -0.2) is 4.98 Å². The number of carbonyl (C=O) groups is 2. The molecule has 4 heterocycles. The number of nitrogens with one attached hydrogen (secondary N) is 1. The number of nitrogens with zero attached hydrogens (tertiary/aromatic N) is 3. The van der Waals surface area contributed by atoms with E-state index in [0.717, 1.165) is 11.6 Å². The molecule has 0 aromatic carbocycles. The highest BCUT2D eigenvalue weighted by Crippen LogP contribution is 2.43. The van der Waals surface area contributed by atoms with Crippen LogP contribution in [0.3, 0.4) is 0 Å². The van der Waals surface area contributed by atoms with E-state index in [1.54, 1.807) is 17.1 Å². The van der Waals surface area contributed by atoms with Crippen molar-refractivity contribution in [2.24, 2.45) is 5.73 Å². The molecule has 0 unspecified atom stereocenters. The molecule has 4 aromatic rings. The Morgan fingerprint density at radius 2 is 2.12 bits per heavy atom. The Morgan fingerprint density at radius 3 is 2.72 bits per heavy atom. The van der Waals surface area contributed by atoms with Gasteiger partial charge in [-0.3, -0.25) is 14.3 Å². The molecule has 0 aliphatic heterocycles. The third-order valence-electron chi connectivity index (χ3n) is 4.56. The number of halogens is 3. The minimum absolute atomic E-state index is 0.00627. The number of rotatable bonds is 6. The molecule has 0 spiro atoms. The Balaban J connectivity index is 1.79. The summed E-state index contributed by atoms with van der Waals surface area (Å²) in [7, 11) is 0. The Hall–Kier alpha value is -3.67. The molecule has 12 heteroatoms. The number of hydrogen-bond donors (Lipinski definition) is 2. The predicted molar refractivity (Wildman–Crippen MR) is 111 cm³/mol. The minimum atomic E-state index is -4.72. The van der Waals surface area contributed by atoms with Crippen LogP contribution < -0.4 is 11.1 Å². The fraction of sp³-hybridized carbons (Fsp3) is 0.200. The molecule has 4 aromatic heterocycles. The lowest BCUT2D eigenvalue weighted by Gasteiger charge is -2.11. The second-order valence-corrected chi connectivity index (χ2v) is 7.96. The molecule has 0 saturated heterocycles. The Morgan fingerprint density at radius 1 is 1.34 bits per heavy atom. The van der Waals surface area contributed by atoms with Crippen LogP contribution >= 0.6 is 11.3 Å². The van der Waals surface area contributed by atoms with E-state index < -0.39 is 23.7 Å². The van der Waals surface area contributed by atoms with Crippen LogP contribution in [-0.2, 0) is 17.5 Å². The molecule has 2 amide bonds. The van der Waals surface area contributed by atoms with Crippen molar-refractivity contribution in [1.29, 1.82) is 0 Å². The third kappa shape index (κ3) is 4.21. The van der Waals surface area contributed by atoms with Crippen LogP contribution in [-0.4, -0.2) is 26.6 Å². The molecule has 0 fully saturated rings.